The van der Waals surface area contributed by atoms with Gasteiger partial charge in [0.05, 0.1) is 12.7 Å². The molecule has 2 aromatic carbocycles. The fraction of sp³-hybridized carbons (Fsp3) is 0.0667. The minimum atomic E-state index is 0.625. The molecule has 0 amide bonds. The molecule has 0 saturated carbocycles. The van der Waals surface area contributed by atoms with Crippen LogP contribution in [0.25, 0.3) is 22.2 Å². The molecule has 3 nitrogen and oxygen atoms in total. The maximum atomic E-state index is 5.48. The number of hydrogen-bond donors (Lipinski definition) is 0. The number of aromatic nitrogens is 2. The van der Waals surface area contributed by atoms with Crippen molar-refractivity contribution in [3.63, 3.8) is 0 Å². The summed E-state index contributed by atoms with van der Waals surface area (Å²) in [4.78, 5) is 8.92. The Morgan fingerprint density at radius 1 is 0.950 bits per heavy atom. The number of methoxy groups -OCH3 is 1. The second-order valence-corrected chi connectivity index (χ2v) is 5.83. The van der Waals surface area contributed by atoms with E-state index in [1.807, 2.05) is 30.3 Å². The van der Waals surface area contributed by atoms with Gasteiger partial charge < -0.3 is 4.74 Å². The Hall–Kier alpha value is -1.46. The van der Waals surface area contributed by atoms with Crippen LogP contribution in [0.5, 0.6) is 5.75 Å². The maximum Gasteiger partial charge on any atom is 0.166 e. The molecule has 0 aliphatic carbocycles. The zero-order chi connectivity index (χ0) is 14.1. The Kier molecular flexibility index (Phi) is 3.72. The van der Waals surface area contributed by atoms with Crippen molar-refractivity contribution in [1.29, 1.82) is 0 Å². The first-order chi connectivity index (χ1) is 9.69. The van der Waals surface area contributed by atoms with Crippen LogP contribution in [0.15, 0.2) is 51.7 Å². The monoisotopic (exact) mass is 392 g/mol. The molecule has 0 unspecified atom stereocenters. The predicted octanol–water partition coefficient (Wildman–Crippen LogP) is 4.83. The van der Waals surface area contributed by atoms with Crippen LogP contribution >= 0.6 is 31.9 Å². The zero-order valence-corrected chi connectivity index (χ0v) is 13.8. The molecule has 0 atom stereocenters. The summed E-state index contributed by atoms with van der Waals surface area (Å²) in [6, 6.07) is 13.9. The van der Waals surface area contributed by atoms with Gasteiger partial charge in [-0.25, -0.2) is 9.97 Å². The summed E-state index contributed by atoms with van der Waals surface area (Å²) in [5, 5.41) is 2.19. The molecule has 1 heterocycles. The number of hydrogen-bond acceptors (Lipinski definition) is 3. The summed E-state index contributed by atoms with van der Waals surface area (Å²) in [5.74, 6) is 1.38. The van der Waals surface area contributed by atoms with Gasteiger partial charge in [0.25, 0.3) is 0 Å². The molecule has 3 rings (SSSR count). The Morgan fingerprint density at radius 3 is 2.35 bits per heavy atom. The maximum absolute atomic E-state index is 5.48. The third-order valence-electron chi connectivity index (χ3n) is 3.00. The molecule has 0 spiro atoms. The van der Waals surface area contributed by atoms with E-state index < -0.39 is 0 Å². The van der Waals surface area contributed by atoms with Gasteiger partial charge in [0.2, 0.25) is 0 Å². The molecule has 3 aromatic rings. The van der Waals surface area contributed by atoms with E-state index >= 15 is 0 Å². The van der Waals surface area contributed by atoms with Crippen molar-refractivity contribution in [1.82, 2.24) is 9.97 Å². The molecular formula is C15H10Br2N2O. The molecule has 0 aliphatic rings. The standard InChI is InChI=1S/C15H10Br2N2O/c1-20-11-7-6-9-4-2-3-5-10(9)14(11)15-18-12(16)8-13(17)19-15/h2-8H,1H3. The SMILES string of the molecule is COc1ccc2ccccc2c1-c1nc(Br)cc(Br)n1. The highest BCUT2D eigenvalue weighted by molar-refractivity contribution is 9.11. The molecule has 0 fully saturated rings. The zero-order valence-electron chi connectivity index (χ0n) is 10.6. The molecule has 0 radical (unpaired) electrons. The molecule has 0 saturated heterocycles. The number of rotatable bonds is 2. The topological polar surface area (TPSA) is 35.0 Å². The van der Waals surface area contributed by atoms with E-state index in [4.69, 9.17) is 4.74 Å². The van der Waals surface area contributed by atoms with Crippen molar-refractivity contribution >= 4 is 42.6 Å². The van der Waals surface area contributed by atoms with Crippen molar-refractivity contribution in [2.24, 2.45) is 0 Å². The Balaban J connectivity index is 2.38. The lowest BCUT2D eigenvalue weighted by atomic mass is 10.0. The molecular weight excluding hydrogens is 384 g/mol. The van der Waals surface area contributed by atoms with Crippen LogP contribution in [0.1, 0.15) is 0 Å². The average molecular weight is 394 g/mol. The van der Waals surface area contributed by atoms with Crippen LogP contribution in [0, 0.1) is 0 Å². The van der Waals surface area contributed by atoms with Crippen LogP contribution in [-0.4, -0.2) is 17.1 Å². The van der Waals surface area contributed by atoms with E-state index in [2.05, 4.69) is 47.9 Å². The lowest BCUT2D eigenvalue weighted by Crippen LogP contribution is -1.95. The van der Waals surface area contributed by atoms with Gasteiger partial charge in [-0.1, -0.05) is 30.3 Å². The minimum absolute atomic E-state index is 0.625. The van der Waals surface area contributed by atoms with Gasteiger partial charge >= 0.3 is 0 Å². The van der Waals surface area contributed by atoms with Gasteiger partial charge in [0.1, 0.15) is 15.0 Å². The summed E-state index contributed by atoms with van der Waals surface area (Å²) in [6.07, 6.45) is 0. The van der Waals surface area contributed by atoms with Gasteiger partial charge in [-0.15, -0.1) is 0 Å². The van der Waals surface area contributed by atoms with Gasteiger partial charge in [-0.2, -0.15) is 0 Å². The number of ether oxygens (including phenoxy) is 1. The molecule has 5 heteroatoms. The number of nitrogens with zero attached hydrogens (tertiary/aromatic N) is 2. The smallest absolute Gasteiger partial charge is 0.166 e. The molecule has 20 heavy (non-hydrogen) atoms. The summed E-state index contributed by atoms with van der Waals surface area (Å²) >= 11 is 6.80. The van der Waals surface area contributed by atoms with Gasteiger partial charge in [-0.3, -0.25) is 0 Å². The fourth-order valence-electron chi connectivity index (χ4n) is 2.15. The second-order valence-electron chi connectivity index (χ2n) is 4.20. The number of fused-ring (bicyclic) bond motifs is 1. The first-order valence-corrected chi connectivity index (χ1v) is 7.54. The van der Waals surface area contributed by atoms with Gasteiger partial charge in [-0.05, 0) is 48.7 Å². The van der Waals surface area contributed by atoms with E-state index in [9.17, 15) is 0 Å². The quantitative estimate of drug-likeness (QED) is 0.585. The Labute approximate surface area is 133 Å². The van der Waals surface area contributed by atoms with Crippen molar-refractivity contribution in [2.45, 2.75) is 0 Å². The van der Waals surface area contributed by atoms with E-state index in [0.29, 0.717) is 5.82 Å². The normalized spacial score (nSPS) is 10.8. The number of benzene rings is 2. The highest BCUT2D eigenvalue weighted by Crippen LogP contribution is 2.36. The van der Waals surface area contributed by atoms with Crippen LogP contribution in [0.2, 0.25) is 0 Å². The number of halogens is 2. The van der Waals surface area contributed by atoms with Crippen molar-refractivity contribution < 1.29 is 4.74 Å². The molecule has 0 bridgehead atoms. The largest absolute Gasteiger partial charge is 0.496 e. The Morgan fingerprint density at radius 2 is 1.65 bits per heavy atom. The van der Waals surface area contributed by atoms with Crippen LogP contribution in [0.3, 0.4) is 0 Å². The van der Waals surface area contributed by atoms with Crippen LogP contribution in [-0.2, 0) is 0 Å². The molecule has 0 N–H and O–H groups in total. The molecule has 100 valence electrons. The summed E-state index contributed by atoms with van der Waals surface area (Å²) in [6.45, 7) is 0. The van der Waals surface area contributed by atoms with E-state index in [1.54, 1.807) is 13.2 Å². The highest BCUT2D eigenvalue weighted by atomic mass is 79.9. The first kappa shape index (κ1) is 13.5. The first-order valence-electron chi connectivity index (χ1n) is 5.95. The third kappa shape index (κ3) is 2.43. The fourth-order valence-corrected chi connectivity index (χ4v) is 3.23. The lowest BCUT2D eigenvalue weighted by molar-refractivity contribution is 0.416. The van der Waals surface area contributed by atoms with E-state index in [0.717, 1.165) is 31.3 Å². The van der Waals surface area contributed by atoms with E-state index in [1.165, 1.54) is 0 Å². The summed E-state index contributed by atoms with van der Waals surface area (Å²) < 4.78 is 6.93. The van der Waals surface area contributed by atoms with Gasteiger partial charge in [0.15, 0.2) is 5.82 Å². The lowest BCUT2D eigenvalue weighted by Gasteiger charge is -2.11. The predicted molar refractivity (Wildman–Crippen MR) is 86.9 cm³/mol. The average Bonchev–Trinajstić information content (AvgIpc) is 2.45. The van der Waals surface area contributed by atoms with Crippen molar-refractivity contribution in [3.8, 4) is 17.1 Å². The highest BCUT2D eigenvalue weighted by Gasteiger charge is 2.14. The van der Waals surface area contributed by atoms with Crippen LogP contribution in [0.4, 0.5) is 0 Å². The summed E-state index contributed by atoms with van der Waals surface area (Å²) in [5.41, 5.74) is 0.896. The Bertz CT molecular complexity index is 770. The molecule has 1 aromatic heterocycles. The van der Waals surface area contributed by atoms with Crippen LogP contribution < -0.4 is 4.74 Å². The minimum Gasteiger partial charge on any atom is -0.496 e. The third-order valence-corrected chi connectivity index (χ3v) is 3.81. The molecule has 0 aliphatic heterocycles. The van der Waals surface area contributed by atoms with Gasteiger partial charge in [0, 0.05) is 6.07 Å². The second kappa shape index (κ2) is 5.50. The van der Waals surface area contributed by atoms with E-state index in [-0.39, 0.29) is 0 Å². The van der Waals surface area contributed by atoms with Crippen molar-refractivity contribution in [2.75, 3.05) is 7.11 Å². The summed E-state index contributed by atoms with van der Waals surface area (Å²) in [7, 11) is 1.65. The van der Waals surface area contributed by atoms with Crippen molar-refractivity contribution in [3.05, 3.63) is 51.7 Å².